The molecule has 2 amide bonds. The summed E-state index contributed by atoms with van der Waals surface area (Å²) in [5.74, 6) is 1.84. The summed E-state index contributed by atoms with van der Waals surface area (Å²) in [6, 6.07) is 5.80. The number of nitrogens with one attached hydrogen (secondary N) is 2. The summed E-state index contributed by atoms with van der Waals surface area (Å²) >= 11 is 0. The predicted molar refractivity (Wildman–Crippen MR) is 166 cm³/mol. The molecule has 2 aromatic rings. The first kappa shape index (κ1) is 31.5. The number of rotatable bonds is 12. The second kappa shape index (κ2) is 12.8. The molecule has 0 bridgehead atoms. The first-order valence-corrected chi connectivity index (χ1v) is 15.7. The Morgan fingerprint density at radius 2 is 1.95 bits per heavy atom. The van der Waals surface area contributed by atoms with Crippen molar-refractivity contribution in [2.45, 2.75) is 79.7 Å². The molecule has 0 aromatic carbocycles. The number of fused-ring (bicyclic) bond motifs is 1. The second-order valence-corrected chi connectivity index (χ2v) is 14.2. The monoisotopic (exact) mass is 566 g/mol. The van der Waals surface area contributed by atoms with Gasteiger partial charge in [-0.05, 0) is 87.2 Å². The predicted octanol–water partition coefficient (Wildman–Crippen LogP) is 4.48. The first-order valence-electron chi connectivity index (χ1n) is 15.7. The molecule has 2 aliphatic rings. The summed E-state index contributed by atoms with van der Waals surface area (Å²) in [4.78, 5) is 36.2. The van der Waals surface area contributed by atoms with Crippen molar-refractivity contribution in [3.63, 3.8) is 0 Å². The molecule has 8 nitrogen and oxygen atoms in total. The van der Waals surface area contributed by atoms with Crippen molar-refractivity contribution in [1.29, 1.82) is 0 Å². The van der Waals surface area contributed by atoms with E-state index >= 15 is 0 Å². The quantitative estimate of drug-likeness (QED) is 0.396. The van der Waals surface area contributed by atoms with Gasteiger partial charge >= 0.3 is 0 Å². The summed E-state index contributed by atoms with van der Waals surface area (Å²) in [5, 5.41) is 6.69. The standard InChI is InChI=1S/C33H54N6O2/c1-9-24-18-26(33(24,5)6)23(2)20-35-31(41)27-12-10-13-29-36-25(21-39(27)29)19-30(40)38(17-11-16-37(7)8)28-14-15-34-22-32(28,3)4/h10,12-13,21,23-24,26,28,34H,9,11,14-20,22H2,1-8H3,(H,35,41)/t23-,24+,26+,28?/m0/s1. The zero-order valence-corrected chi connectivity index (χ0v) is 26.8. The van der Waals surface area contributed by atoms with Crippen molar-refractivity contribution >= 4 is 17.5 Å². The Bertz CT molecular complexity index is 1200. The number of carbonyl (C=O) groups excluding carboxylic acids is 2. The lowest BCUT2D eigenvalue weighted by atomic mass is 9.51. The van der Waals surface area contributed by atoms with Crippen LogP contribution in [0.3, 0.4) is 0 Å². The minimum atomic E-state index is -0.0938. The molecule has 3 heterocycles. The highest BCUT2D eigenvalue weighted by atomic mass is 16.2. The van der Waals surface area contributed by atoms with Gasteiger partial charge in [0.05, 0.1) is 12.1 Å². The summed E-state index contributed by atoms with van der Waals surface area (Å²) < 4.78 is 1.84. The molecule has 41 heavy (non-hydrogen) atoms. The average Bonchev–Trinajstić information content (AvgIpc) is 3.31. The summed E-state index contributed by atoms with van der Waals surface area (Å²) in [6.07, 6.45) is 6.46. The largest absolute Gasteiger partial charge is 0.350 e. The van der Waals surface area contributed by atoms with Crippen molar-refractivity contribution in [2.75, 3.05) is 46.8 Å². The lowest BCUT2D eigenvalue weighted by Gasteiger charge is -2.55. The van der Waals surface area contributed by atoms with Crippen LogP contribution in [0.4, 0.5) is 0 Å². The number of amides is 2. The fourth-order valence-corrected chi connectivity index (χ4v) is 7.54. The molecule has 1 saturated carbocycles. The number of nitrogens with zero attached hydrogens (tertiary/aromatic N) is 4. The number of aromatic nitrogens is 2. The molecule has 1 aliphatic carbocycles. The molecule has 4 atom stereocenters. The average molecular weight is 567 g/mol. The van der Waals surface area contributed by atoms with E-state index in [2.05, 4.69) is 76.1 Å². The lowest BCUT2D eigenvalue weighted by molar-refractivity contribution is -0.136. The number of hydrogen-bond donors (Lipinski definition) is 2. The zero-order valence-electron chi connectivity index (χ0n) is 26.8. The minimum Gasteiger partial charge on any atom is -0.350 e. The Labute approximate surface area is 247 Å². The third kappa shape index (κ3) is 6.96. The molecule has 4 rings (SSSR count). The van der Waals surface area contributed by atoms with Crippen LogP contribution in [-0.4, -0.2) is 83.9 Å². The second-order valence-electron chi connectivity index (χ2n) is 14.2. The van der Waals surface area contributed by atoms with Gasteiger partial charge in [0, 0.05) is 31.9 Å². The maximum atomic E-state index is 13.8. The van der Waals surface area contributed by atoms with Crippen LogP contribution in [0, 0.1) is 28.6 Å². The Balaban J connectivity index is 1.45. The van der Waals surface area contributed by atoms with Gasteiger partial charge < -0.3 is 20.4 Å². The van der Waals surface area contributed by atoms with Gasteiger partial charge in [0.25, 0.3) is 5.91 Å². The van der Waals surface area contributed by atoms with Gasteiger partial charge in [-0.2, -0.15) is 0 Å². The van der Waals surface area contributed by atoms with Crippen molar-refractivity contribution in [3.05, 3.63) is 35.8 Å². The molecule has 1 unspecified atom stereocenters. The molecular weight excluding hydrogens is 512 g/mol. The van der Waals surface area contributed by atoms with Gasteiger partial charge in [-0.25, -0.2) is 4.98 Å². The SMILES string of the molecule is CC[C@@H]1C[C@H]([C@@H](C)CNC(=O)c2cccc3nc(CC(=O)N(CCCN(C)C)C4CCNCC4(C)C)cn23)C1(C)C. The summed E-state index contributed by atoms with van der Waals surface area (Å²) in [7, 11) is 4.14. The molecule has 228 valence electrons. The van der Waals surface area contributed by atoms with Gasteiger partial charge in [0.1, 0.15) is 11.3 Å². The Morgan fingerprint density at radius 3 is 2.61 bits per heavy atom. The molecule has 0 spiro atoms. The third-order valence-corrected chi connectivity index (χ3v) is 10.2. The van der Waals surface area contributed by atoms with E-state index in [9.17, 15) is 9.59 Å². The van der Waals surface area contributed by atoms with E-state index in [1.165, 1.54) is 12.8 Å². The van der Waals surface area contributed by atoms with E-state index in [-0.39, 0.29) is 29.7 Å². The van der Waals surface area contributed by atoms with Gasteiger partial charge in [0.15, 0.2) is 0 Å². The molecule has 1 saturated heterocycles. The van der Waals surface area contributed by atoms with Crippen LogP contribution >= 0.6 is 0 Å². The zero-order chi connectivity index (χ0) is 29.9. The number of imidazole rings is 1. The Kier molecular flexibility index (Phi) is 9.85. The normalized spacial score (nSPS) is 24.2. The maximum Gasteiger partial charge on any atom is 0.268 e. The highest BCUT2D eigenvalue weighted by Gasteiger charge is 2.48. The van der Waals surface area contributed by atoms with Crippen LogP contribution in [0.2, 0.25) is 0 Å². The van der Waals surface area contributed by atoms with Gasteiger partial charge in [-0.3, -0.25) is 14.0 Å². The molecule has 8 heteroatoms. The van der Waals surface area contributed by atoms with Crippen LogP contribution in [0.1, 0.15) is 83.4 Å². The fourth-order valence-electron chi connectivity index (χ4n) is 7.54. The summed E-state index contributed by atoms with van der Waals surface area (Å²) in [6.45, 7) is 17.9. The summed E-state index contributed by atoms with van der Waals surface area (Å²) in [5.41, 5.74) is 2.28. The molecule has 1 aliphatic heterocycles. The van der Waals surface area contributed by atoms with Crippen LogP contribution < -0.4 is 10.6 Å². The van der Waals surface area contributed by atoms with Crippen molar-refractivity contribution in [1.82, 2.24) is 29.8 Å². The highest BCUT2D eigenvalue weighted by Crippen LogP contribution is 2.55. The Hall–Kier alpha value is -2.45. The van der Waals surface area contributed by atoms with Crippen molar-refractivity contribution in [3.8, 4) is 0 Å². The van der Waals surface area contributed by atoms with Gasteiger partial charge in [-0.1, -0.05) is 54.0 Å². The number of pyridine rings is 1. The maximum absolute atomic E-state index is 13.8. The Morgan fingerprint density at radius 1 is 1.20 bits per heavy atom. The third-order valence-electron chi connectivity index (χ3n) is 10.2. The molecule has 2 N–H and O–H groups in total. The van der Waals surface area contributed by atoms with Crippen molar-refractivity contribution in [2.24, 2.45) is 28.6 Å². The van der Waals surface area contributed by atoms with Crippen LogP contribution in [-0.2, 0) is 11.2 Å². The smallest absolute Gasteiger partial charge is 0.268 e. The van der Waals surface area contributed by atoms with E-state index in [0.717, 1.165) is 44.9 Å². The molecular formula is C33H54N6O2. The fraction of sp³-hybridized carbons (Fsp3) is 0.727. The number of piperidine rings is 1. The van der Waals surface area contributed by atoms with Gasteiger partial charge in [0.2, 0.25) is 5.91 Å². The highest BCUT2D eigenvalue weighted by molar-refractivity contribution is 5.93. The van der Waals surface area contributed by atoms with E-state index in [4.69, 9.17) is 4.98 Å². The number of carbonyl (C=O) groups is 2. The van der Waals surface area contributed by atoms with E-state index < -0.39 is 0 Å². The first-order chi connectivity index (χ1) is 19.3. The van der Waals surface area contributed by atoms with Crippen LogP contribution in [0.15, 0.2) is 24.4 Å². The van der Waals surface area contributed by atoms with Crippen molar-refractivity contribution < 1.29 is 9.59 Å². The molecule has 0 radical (unpaired) electrons. The van der Waals surface area contributed by atoms with E-state index in [0.29, 0.717) is 40.8 Å². The van der Waals surface area contributed by atoms with E-state index in [1.54, 1.807) is 0 Å². The number of hydrogen-bond acceptors (Lipinski definition) is 5. The molecule has 2 aromatic heterocycles. The topological polar surface area (TPSA) is 82.0 Å². The van der Waals surface area contributed by atoms with Gasteiger partial charge in [-0.15, -0.1) is 0 Å². The lowest BCUT2D eigenvalue weighted by Crippen LogP contribution is -2.56. The van der Waals surface area contributed by atoms with E-state index in [1.807, 2.05) is 28.8 Å². The van der Waals surface area contributed by atoms with Crippen LogP contribution in [0.25, 0.3) is 5.65 Å². The minimum absolute atomic E-state index is 0.000515. The molecule has 2 fully saturated rings. The van der Waals surface area contributed by atoms with Crippen LogP contribution in [0.5, 0.6) is 0 Å².